The van der Waals surface area contributed by atoms with E-state index in [1.54, 1.807) is 6.08 Å². The predicted molar refractivity (Wildman–Crippen MR) is 127 cm³/mol. The van der Waals surface area contributed by atoms with Crippen molar-refractivity contribution in [1.29, 1.82) is 0 Å². The van der Waals surface area contributed by atoms with Gasteiger partial charge in [0, 0.05) is 10.0 Å². The molecule has 0 bridgehead atoms. The summed E-state index contributed by atoms with van der Waals surface area (Å²) in [4.78, 5) is 12.5. The fourth-order valence-electron chi connectivity index (χ4n) is 2.77. The van der Waals surface area contributed by atoms with Gasteiger partial charge in [-0.1, -0.05) is 65.9 Å². The van der Waals surface area contributed by atoms with Gasteiger partial charge in [-0.15, -0.1) is 0 Å². The van der Waals surface area contributed by atoms with Gasteiger partial charge in [0.1, 0.15) is 29.0 Å². The Hall–Kier alpha value is -1.83. The van der Waals surface area contributed by atoms with Gasteiger partial charge in [0.05, 0.1) is 4.91 Å². The number of halogens is 1. The van der Waals surface area contributed by atoms with Crippen LogP contribution in [0.15, 0.2) is 51.8 Å². The molecule has 152 valence electrons. The number of nitrogens with one attached hydrogen (secondary N) is 1. The van der Waals surface area contributed by atoms with Crippen molar-refractivity contribution < 1.29 is 14.3 Å². The molecule has 0 aliphatic carbocycles. The fraction of sp³-hybridized carbons (Fsp3) is 0.273. The molecule has 0 saturated carbocycles. The molecule has 1 aliphatic heterocycles. The summed E-state index contributed by atoms with van der Waals surface area (Å²) >= 11 is 9.76. The van der Waals surface area contributed by atoms with E-state index in [-0.39, 0.29) is 5.91 Å². The Kier molecular flexibility index (Phi) is 7.75. The van der Waals surface area contributed by atoms with Crippen molar-refractivity contribution in [3.05, 3.63) is 63.0 Å². The molecule has 1 saturated heterocycles. The van der Waals surface area contributed by atoms with Crippen LogP contribution >= 0.6 is 39.9 Å². The number of amides is 1. The highest BCUT2D eigenvalue weighted by molar-refractivity contribution is 9.10. The number of thiocarbonyl (C=S) groups is 1. The summed E-state index contributed by atoms with van der Waals surface area (Å²) < 4.78 is 13.1. The summed E-state index contributed by atoms with van der Waals surface area (Å²) in [5.41, 5.74) is 2.12. The van der Waals surface area contributed by atoms with Crippen LogP contribution < -0.4 is 14.8 Å². The predicted octanol–water partition coefficient (Wildman–Crippen LogP) is 5.91. The minimum absolute atomic E-state index is 0.185. The molecule has 0 radical (unpaired) electrons. The first kappa shape index (κ1) is 21.9. The Balaban J connectivity index is 1.59. The normalized spacial score (nSPS) is 16.0. The van der Waals surface area contributed by atoms with Gasteiger partial charge in [-0.05, 0) is 54.3 Å². The molecule has 1 atom stereocenters. The molecule has 1 amide bonds. The highest BCUT2D eigenvalue weighted by atomic mass is 79.9. The molecule has 2 aromatic carbocycles. The molecule has 1 fully saturated rings. The molecule has 1 aliphatic rings. The average Bonchev–Trinajstić information content (AvgIpc) is 3.03. The maximum atomic E-state index is 11.9. The number of carbonyl (C=O) groups is 1. The molecule has 1 heterocycles. The van der Waals surface area contributed by atoms with Gasteiger partial charge in [-0.3, -0.25) is 4.79 Å². The van der Waals surface area contributed by atoms with Gasteiger partial charge in [0.25, 0.3) is 5.91 Å². The van der Waals surface area contributed by atoms with E-state index in [1.807, 2.05) is 30.3 Å². The van der Waals surface area contributed by atoms with Gasteiger partial charge >= 0.3 is 0 Å². The second kappa shape index (κ2) is 10.3. The van der Waals surface area contributed by atoms with Crippen molar-refractivity contribution in [1.82, 2.24) is 5.32 Å². The van der Waals surface area contributed by atoms with Crippen molar-refractivity contribution in [2.24, 2.45) is 0 Å². The lowest BCUT2D eigenvalue weighted by atomic mass is 9.99. The van der Waals surface area contributed by atoms with Crippen LogP contribution in [0.4, 0.5) is 0 Å². The van der Waals surface area contributed by atoms with Crippen LogP contribution in [0.3, 0.4) is 0 Å². The second-order valence-corrected chi connectivity index (χ2v) is 9.24. The van der Waals surface area contributed by atoms with E-state index in [1.165, 1.54) is 17.3 Å². The lowest BCUT2D eigenvalue weighted by Gasteiger charge is -2.12. The van der Waals surface area contributed by atoms with Crippen molar-refractivity contribution >= 4 is 56.2 Å². The van der Waals surface area contributed by atoms with E-state index in [9.17, 15) is 4.79 Å². The van der Waals surface area contributed by atoms with Crippen LogP contribution in [-0.2, 0) is 4.79 Å². The SMILES string of the molecule is CC[C@@H](C)c1ccc(OCCOc2ccc(Br)cc2/C=C2\SC(=S)NC2=O)cc1. The maximum Gasteiger partial charge on any atom is 0.263 e. The zero-order valence-corrected chi connectivity index (χ0v) is 19.5. The van der Waals surface area contributed by atoms with Gasteiger partial charge in [-0.2, -0.15) is 0 Å². The van der Waals surface area contributed by atoms with Gasteiger partial charge in [0.2, 0.25) is 0 Å². The van der Waals surface area contributed by atoms with Crippen molar-refractivity contribution in [2.45, 2.75) is 26.2 Å². The number of ether oxygens (including phenoxy) is 2. The van der Waals surface area contributed by atoms with Crippen LogP contribution in [0.2, 0.25) is 0 Å². The van der Waals surface area contributed by atoms with Crippen LogP contribution in [0.1, 0.15) is 37.3 Å². The molecular weight excluding hydrogens is 470 g/mol. The second-order valence-electron chi connectivity index (χ2n) is 6.61. The van der Waals surface area contributed by atoms with Crippen LogP contribution in [-0.4, -0.2) is 23.4 Å². The number of benzene rings is 2. The molecule has 0 aromatic heterocycles. The van der Waals surface area contributed by atoms with Gasteiger partial charge < -0.3 is 14.8 Å². The first-order valence-corrected chi connectivity index (χ1v) is 11.4. The molecule has 0 spiro atoms. The first-order chi connectivity index (χ1) is 14.0. The maximum absolute atomic E-state index is 11.9. The zero-order valence-electron chi connectivity index (χ0n) is 16.2. The third kappa shape index (κ3) is 6.07. The summed E-state index contributed by atoms with van der Waals surface area (Å²) in [7, 11) is 0. The lowest BCUT2D eigenvalue weighted by molar-refractivity contribution is -0.115. The van der Waals surface area contributed by atoms with E-state index in [4.69, 9.17) is 21.7 Å². The van der Waals surface area contributed by atoms with E-state index >= 15 is 0 Å². The monoisotopic (exact) mass is 491 g/mol. The summed E-state index contributed by atoms with van der Waals surface area (Å²) in [5.74, 6) is 1.87. The number of rotatable bonds is 8. The number of carbonyl (C=O) groups excluding carboxylic acids is 1. The number of hydrogen-bond acceptors (Lipinski definition) is 5. The fourth-order valence-corrected chi connectivity index (χ4v) is 4.18. The molecule has 7 heteroatoms. The molecule has 4 nitrogen and oxygen atoms in total. The quantitative estimate of drug-likeness (QED) is 0.282. The molecule has 2 aromatic rings. The minimum atomic E-state index is -0.185. The van der Waals surface area contributed by atoms with Gasteiger partial charge in [0.15, 0.2) is 0 Å². The third-order valence-corrected chi connectivity index (χ3v) is 6.23. The Morgan fingerprint density at radius 3 is 2.55 bits per heavy atom. The zero-order chi connectivity index (χ0) is 20.8. The summed E-state index contributed by atoms with van der Waals surface area (Å²) in [6.45, 7) is 5.22. The molecule has 1 N–H and O–H groups in total. The van der Waals surface area contributed by atoms with Crippen LogP contribution in [0, 0.1) is 0 Å². The lowest BCUT2D eigenvalue weighted by Crippen LogP contribution is -2.17. The molecule has 3 rings (SSSR count). The summed E-state index contributed by atoms with van der Waals surface area (Å²) in [6, 6.07) is 13.9. The van der Waals surface area contributed by atoms with E-state index < -0.39 is 0 Å². The standard InChI is InChI=1S/C22H22BrNO3S2/c1-3-14(2)15-4-7-18(8-5-15)26-10-11-27-19-9-6-17(23)12-16(19)13-20-21(25)24-22(28)29-20/h4-9,12-14H,3,10-11H2,1-2H3,(H,24,25,28)/b20-13-/t14-/m1/s1. The molecule has 0 unspecified atom stereocenters. The summed E-state index contributed by atoms with van der Waals surface area (Å²) in [5, 5.41) is 2.62. The number of hydrogen-bond donors (Lipinski definition) is 1. The van der Waals surface area contributed by atoms with Crippen LogP contribution in [0.5, 0.6) is 11.5 Å². The number of thioether (sulfide) groups is 1. The van der Waals surface area contributed by atoms with Crippen molar-refractivity contribution in [3.8, 4) is 11.5 Å². The third-order valence-electron chi connectivity index (χ3n) is 4.57. The average molecular weight is 492 g/mol. The smallest absolute Gasteiger partial charge is 0.263 e. The Labute approximate surface area is 189 Å². The largest absolute Gasteiger partial charge is 0.490 e. The van der Waals surface area contributed by atoms with Crippen molar-refractivity contribution in [3.63, 3.8) is 0 Å². The Morgan fingerprint density at radius 2 is 1.90 bits per heavy atom. The van der Waals surface area contributed by atoms with E-state index in [0.29, 0.717) is 34.1 Å². The van der Waals surface area contributed by atoms with E-state index in [0.717, 1.165) is 22.2 Å². The highest BCUT2D eigenvalue weighted by Gasteiger charge is 2.22. The first-order valence-electron chi connectivity index (χ1n) is 9.36. The topological polar surface area (TPSA) is 47.6 Å². The summed E-state index contributed by atoms with van der Waals surface area (Å²) in [6.07, 6.45) is 2.90. The molecule has 29 heavy (non-hydrogen) atoms. The minimum Gasteiger partial charge on any atom is -0.490 e. The molecular formula is C22H22BrNO3S2. The van der Waals surface area contributed by atoms with Crippen molar-refractivity contribution in [2.75, 3.05) is 13.2 Å². The van der Waals surface area contributed by atoms with E-state index in [2.05, 4.69) is 47.2 Å². The van der Waals surface area contributed by atoms with Gasteiger partial charge in [-0.25, -0.2) is 0 Å². The Morgan fingerprint density at radius 1 is 1.17 bits per heavy atom. The van der Waals surface area contributed by atoms with Crippen LogP contribution in [0.25, 0.3) is 6.08 Å². The highest BCUT2D eigenvalue weighted by Crippen LogP contribution is 2.31. The Bertz CT molecular complexity index is 928.